The summed E-state index contributed by atoms with van der Waals surface area (Å²) in [7, 11) is 0. The number of carbonyl (C=O) groups is 1. The number of fused-ring (bicyclic) bond motifs is 2. The number of halogens is 2. The lowest BCUT2D eigenvalue weighted by Gasteiger charge is -2.30. The topological polar surface area (TPSA) is 55.2 Å². The third-order valence-corrected chi connectivity index (χ3v) is 7.31. The van der Waals surface area contributed by atoms with Crippen LogP contribution in [0.5, 0.6) is 0 Å². The SMILES string of the molecule is CC(Sc1nc2ccccc2c(=O)n1-c1ccc(F)c(Cl)c1)C(=O)N1CCc2ccccc2C1. The summed E-state index contributed by atoms with van der Waals surface area (Å²) in [6.45, 7) is 3.02. The number of aromatic nitrogens is 2. The predicted molar refractivity (Wildman–Crippen MR) is 133 cm³/mol. The standard InChI is InChI=1S/C26H21ClFN3O2S/c1-16(24(32)30-13-12-17-6-2-3-7-18(17)15-30)34-26-29-23-9-5-4-8-20(23)25(33)31(26)19-10-11-22(28)21(27)14-19/h2-11,14,16H,12-13,15H2,1H3. The molecule has 1 unspecified atom stereocenters. The minimum atomic E-state index is -0.574. The molecule has 0 radical (unpaired) electrons. The number of amides is 1. The van der Waals surface area contributed by atoms with Crippen LogP contribution >= 0.6 is 23.4 Å². The van der Waals surface area contributed by atoms with Crippen LogP contribution in [0.15, 0.2) is 76.7 Å². The molecule has 0 aliphatic carbocycles. The van der Waals surface area contributed by atoms with Crippen molar-refractivity contribution >= 4 is 40.2 Å². The normalized spacial score (nSPS) is 14.1. The molecule has 1 aliphatic rings. The van der Waals surface area contributed by atoms with Gasteiger partial charge in [-0.25, -0.2) is 9.37 Å². The van der Waals surface area contributed by atoms with Crippen molar-refractivity contribution in [3.63, 3.8) is 0 Å². The van der Waals surface area contributed by atoms with Crippen molar-refractivity contribution < 1.29 is 9.18 Å². The van der Waals surface area contributed by atoms with Crippen molar-refractivity contribution in [3.05, 3.63) is 99.1 Å². The van der Waals surface area contributed by atoms with Crippen LogP contribution in [0.1, 0.15) is 18.1 Å². The molecule has 5 nitrogen and oxygen atoms in total. The Morgan fingerprint density at radius 1 is 1.09 bits per heavy atom. The average molecular weight is 494 g/mol. The van der Waals surface area contributed by atoms with E-state index in [0.717, 1.165) is 12.0 Å². The van der Waals surface area contributed by atoms with E-state index in [1.807, 2.05) is 36.1 Å². The van der Waals surface area contributed by atoms with Crippen LogP contribution in [0.3, 0.4) is 0 Å². The van der Waals surface area contributed by atoms with Gasteiger partial charge in [0.05, 0.1) is 26.9 Å². The molecule has 1 aromatic heterocycles. The van der Waals surface area contributed by atoms with E-state index in [-0.39, 0.29) is 16.5 Å². The van der Waals surface area contributed by atoms with Crippen LogP contribution in [0.2, 0.25) is 5.02 Å². The molecule has 0 spiro atoms. The predicted octanol–water partition coefficient (Wildman–Crippen LogP) is 5.24. The second-order valence-electron chi connectivity index (χ2n) is 8.19. The fraction of sp³-hybridized carbons (Fsp3) is 0.192. The lowest BCUT2D eigenvalue weighted by atomic mass is 10.00. The summed E-state index contributed by atoms with van der Waals surface area (Å²) in [4.78, 5) is 33.3. The molecule has 0 N–H and O–H groups in total. The molecular weight excluding hydrogens is 473 g/mol. The summed E-state index contributed by atoms with van der Waals surface area (Å²) < 4.78 is 15.2. The van der Waals surface area contributed by atoms with Crippen LogP contribution < -0.4 is 5.56 Å². The van der Waals surface area contributed by atoms with E-state index < -0.39 is 11.1 Å². The van der Waals surface area contributed by atoms with Gasteiger partial charge in [0.1, 0.15) is 5.82 Å². The third kappa shape index (κ3) is 4.21. The lowest BCUT2D eigenvalue weighted by molar-refractivity contribution is -0.131. The van der Waals surface area contributed by atoms with Gasteiger partial charge in [0, 0.05) is 13.1 Å². The number of para-hydroxylation sites is 1. The third-order valence-electron chi connectivity index (χ3n) is 5.98. The first-order valence-corrected chi connectivity index (χ1v) is 12.2. The molecule has 0 saturated carbocycles. The van der Waals surface area contributed by atoms with Gasteiger partial charge >= 0.3 is 0 Å². The molecule has 172 valence electrons. The fourth-order valence-corrected chi connectivity index (χ4v) is 5.38. The van der Waals surface area contributed by atoms with Crippen LogP contribution in [0.25, 0.3) is 16.6 Å². The van der Waals surface area contributed by atoms with Gasteiger partial charge in [-0.1, -0.05) is 59.8 Å². The van der Waals surface area contributed by atoms with E-state index in [0.29, 0.717) is 34.8 Å². The van der Waals surface area contributed by atoms with Gasteiger partial charge in [-0.15, -0.1) is 0 Å². The first-order chi connectivity index (χ1) is 16.4. The lowest BCUT2D eigenvalue weighted by Crippen LogP contribution is -2.40. The monoisotopic (exact) mass is 493 g/mol. The van der Waals surface area contributed by atoms with Gasteiger partial charge in [-0.3, -0.25) is 14.2 Å². The quantitative estimate of drug-likeness (QED) is 0.288. The van der Waals surface area contributed by atoms with Crippen molar-refractivity contribution in [2.45, 2.75) is 30.3 Å². The highest BCUT2D eigenvalue weighted by molar-refractivity contribution is 8.00. The van der Waals surface area contributed by atoms with Crippen molar-refractivity contribution in [1.29, 1.82) is 0 Å². The number of hydrogen-bond acceptors (Lipinski definition) is 4. The first kappa shape index (κ1) is 22.6. The molecule has 1 amide bonds. The van der Waals surface area contributed by atoms with Crippen molar-refractivity contribution in [3.8, 4) is 5.69 Å². The summed E-state index contributed by atoms with van der Waals surface area (Å²) in [5.41, 5.74) is 3.04. The Balaban J connectivity index is 1.51. The highest BCUT2D eigenvalue weighted by Gasteiger charge is 2.27. The van der Waals surface area contributed by atoms with Crippen molar-refractivity contribution in [2.75, 3.05) is 6.54 Å². The summed E-state index contributed by atoms with van der Waals surface area (Å²) >= 11 is 7.22. The van der Waals surface area contributed by atoms with Gasteiger partial charge < -0.3 is 4.90 Å². The zero-order valence-corrected chi connectivity index (χ0v) is 19.9. The maximum absolute atomic E-state index is 13.8. The molecule has 1 aliphatic heterocycles. The minimum Gasteiger partial charge on any atom is -0.337 e. The van der Waals surface area contributed by atoms with E-state index in [2.05, 4.69) is 11.1 Å². The number of thioether (sulfide) groups is 1. The van der Waals surface area contributed by atoms with Crippen LogP contribution in [-0.4, -0.2) is 32.2 Å². The van der Waals surface area contributed by atoms with Crippen molar-refractivity contribution in [1.82, 2.24) is 14.5 Å². The van der Waals surface area contributed by atoms with Gasteiger partial charge in [0.15, 0.2) is 5.16 Å². The van der Waals surface area contributed by atoms with E-state index in [9.17, 15) is 14.0 Å². The van der Waals surface area contributed by atoms with Crippen LogP contribution in [-0.2, 0) is 17.8 Å². The Hall–Kier alpha value is -3.16. The second-order valence-corrected chi connectivity index (χ2v) is 9.90. The maximum Gasteiger partial charge on any atom is 0.266 e. The fourth-order valence-electron chi connectivity index (χ4n) is 4.19. The van der Waals surface area contributed by atoms with Gasteiger partial charge in [0.25, 0.3) is 5.56 Å². The number of nitrogens with zero attached hydrogens (tertiary/aromatic N) is 3. The summed E-state index contributed by atoms with van der Waals surface area (Å²) in [5, 5.41) is 0.202. The summed E-state index contributed by atoms with van der Waals surface area (Å²) in [5.74, 6) is -0.596. The number of carbonyl (C=O) groups excluding carboxylic acids is 1. The van der Waals surface area contributed by atoms with Crippen LogP contribution in [0.4, 0.5) is 4.39 Å². The van der Waals surface area contributed by atoms with E-state index in [1.165, 1.54) is 40.1 Å². The van der Waals surface area contributed by atoms with E-state index >= 15 is 0 Å². The smallest absolute Gasteiger partial charge is 0.266 e. The number of benzene rings is 3. The van der Waals surface area contributed by atoms with Crippen LogP contribution in [0, 0.1) is 5.82 Å². The molecule has 0 bridgehead atoms. The highest BCUT2D eigenvalue weighted by Crippen LogP contribution is 2.29. The zero-order chi connectivity index (χ0) is 23.8. The number of hydrogen-bond donors (Lipinski definition) is 0. The highest BCUT2D eigenvalue weighted by atomic mass is 35.5. The largest absolute Gasteiger partial charge is 0.337 e. The Morgan fingerprint density at radius 2 is 1.82 bits per heavy atom. The molecule has 1 atom stereocenters. The second kappa shape index (κ2) is 9.24. The van der Waals surface area contributed by atoms with Gasteiger partial charge in [-0.05, 0) is 54.8 Å². The average Bonchev–Trinajstić information content (AvgIpc) is 2.85. The summed E-state index contributed by atoms with van der Waals surface area (Å²) in [6.07, 6.45) is 0.812. The maximum atomic E-state index is 13.8. The Bertz CT molecular complexity index is 1470. The molecule has 8 heteroatoms. The molecule has 0 fully saturated rings. The molecule has 5 rings (SSSR count). The Kier molecular flexibility index (Phi) is 6.15. The Morgan fingerprint density at radius 3 is 2.62 bits per heavy atom. The van der Waals surface area contributed by atoms with E-state index in [1.54, 1.807) is 18.2 Å². The molecule has 34 heavy (non-hydrogen) atoms. The zero-order valence-electron chi connectivity index (χ0n) is 18.4. The molecule has 3 aromatic carbocycles. The minimum absolute atomic E-state index is 0.0226. The molecule has 2 heterocycles. The number of rotatable bonds is 4. The first-order valence-electron chi connectivity index (χ1n) is 10.9. The van der Waals surface area contributed by atoms with Gasteiger partial charge in [-0.2, -0.15) is 0 Å². The molecule has 4 aromatic rings. The molecular formula is C26H21ClFN3O2S. The van der Waals surface area contributed by atoms with Crippen molar-refractivity contribution in [2.24, 2.45) is 0 Å². The van der Waals surface area contributed by atoms with E-state index in [4.69, 9.17) is 11.6 Å². The van der Waals surface area contributed by atoms with Gasteiger partial charge in [0.2, 0.25) is 5.91 Å². The molecule has 0 saturated heterocycles. The summed E-state index contributed by atoms with van der Waals surface area (Å²) in [6, 6.07) is 19.3. The Labute approximate surface area is 205 Å².